The number of nitrogens with one attached hydrogen (secondary N) is 1. The van der Waals surface area contributed by atoms with Crippen LogP contribution in [0.4, 0.5) is 8.78 Å². The standard InChI is InChI=1S/C14H11ClF2N2O/c15-8-4-5-9(14(18)19)13(6-8)20-7-10-11(16)2-1-3-12(10)17/h1-6H,7H2,(H3,18,19). The van der Waals surface area contributed by atoms with E-state index in [9.17, 15) is 8.78 Å². The quantitative estimate of drug-likeness (QED) is 0.670. The van der Waals surface area contributed by atoms with Crippen molar-refractivity contribution in [3.8, 4) is 5.75 Å². The van der Waals surface area contributed by atoms with Crippen LogP contribution in [0.1, 0.15) is 11.1 Å². The monoisotopic (exact) mass is 296 g/mol. The number of nitrogen functional groups attached to an aromatic ring is 1. The molecule has 2 rings (SSSR count). The van der Waals surface area contributed by atoms with Gasteiger partial charge >= 0.3 is 0 Å². The highest BCUT2D eigenvalue weighted by molar-refractivity contribution is 6.30. The van der Waals surface area contributed by atoms with Crippen LogP contribution in [0.5, 0.6) is 5.75 Å². The molecule has 2 aromatic carbocycles. The van der Waals surface area contributed by atoms with Gasteiger partial charge in [-0.15, -0.1) is 0 Å². The molecule has 3 nitrogen and oxygen atoms in total. The van der Waals surface area contributed by atoms with Gasteiger partial charge in [0.05, 0.1) is 11.1 Å². The van der Waals surface area contributed by atoms with Crippen LogP contribution in [0, 0.1) is 17.0 Å². The Morgan fingerprint density at radius 3 is 2.45 bits per heavy atom. The second-order valence-electron chi connectivity index (χ2n) is 4.04. The highest BCUT2D eigenvalue weighted by Gasteiger charge is 2.12. The maximum Gasteiger partial charge on any atom is 0.132 e. The normalized spacial score (nSPS) is 10.3. The molecule has 0 fully saturated rings. The Hall–Kier alpha value is -2.14. The van der Waals surface area contributed by atoms with Crippen LogP contribution >= 0.6 is 11.6 Å². The van der Waals surface area contributed by atoms with E-state index in [1.807, 2.05) is 0 Å². The van der Waals surface area contributed by atoms with Crippen molar-refractivity contribution in [2.45, 2.75) is 6.61 Å². The lowest BCUT2D eigenvalue weighted by Crippen LogP contribution is -2.13. The summed E-state index contributed by atoms with van der Waals surface area (Å²) >= 11 is 5.83. The van der Waals surface area contributed by atoms with E-state index in [0.29, 0.717) is 10.6 Å². The predicted octanol–water partition coefficient (Wildman–Crippen LogP) is 3.48. The third kappa shape index (κ3) is 3.05. The Bertz CT molecular complexity index is 641. The van der Waals surface area contributed by atoms with E-state index in [2.05, 4.69) is 0 Å². The van der Waals surface area contributed by atoms with Crippen molar-refractivity contribution in [2.24, 2.45) is 5.73 Å². The van der Waals surface area contributed by atoms with Gasteiger partial charge in [0.2, 0.25) is 0 Å². The van der Waals surface area contributed by atoms with Crippen LogP contribution in [0.25, 0.3) is 0 Å². The smallest absolute Gasteiger partial charge is 0.132 e. The number of amidine groups is 1. The number of rotatable bonds is 4. The summed E-state index contributed by atoms with van der Waals surface area (Å²) < 4.78 is 32.3. The topological polar surface area (TPSA) is 59.1 Å². The Morgan fingerprint density at radius 2 is 1.85 bits per heavy atom. The molecule has 0 amide bonds. The molecule has 0 bridgehead atoms. The van der Waals surface area contributed by atoms with Gasteiger partial charge in [0.25, 0.3) is 0 Å². The largest absolute Gasteiger partial charge is 0.488 e. The molecule has 0 aliphatic heterocycles. The summed E-state index contributed by atoms with van der Waals surface area (Å²) in [5.74, 6) is -1.41. The van der Waals surface area contributed by atoms with E-state index in [0.717, 1.165) is 12.1 Å². The summed E-state index contributed by atoms with van der Waals surface area (Å²) in [5, 5.41) is 7.79. The molecule has 0 atom stereocenters. The van der Waals surface area contributed by atoms with Gasteiger partial charge in [-0.2, -0.15) is 0 Å². The zero-order chi connectivity index (χ0) is 14.7. The second-order valence-corrected chi connectivity index (χ2v) is 4.48. The van der Waals surface area contributed by atoms with E-state index in [1.165, 1.54) is 18.2 Å². The molecule has 0 unspecified atom stereocenters. The summed E-state index contributed by atoms with van der Waals surface area (Å²) in [6.45, 7) is -0.320. The van der Waals surface area contributed by atoms with E-state index in [4.69, 9.17) is 27.5 Å². The Morgan fingerprint density at radius 1 is 1.20 bits per heavy atom. The van der Waals surface area contributed by atoms with Crippen molar-refractivity contribution >= 4 is 17.4 Å². The molecule has 0 saturated carbocycles. The predicted molar refractivity (Wildman–Crippen MR) is 73.2 cm³/mol. The first-order valence-electron chi connectivity index (χ1n) is 5.68. The highest BCUT2D eigenvalue weighted by Crippen LogP contribution is 2.25. The number of halogens is 3. The van der Waals surface area contributed by atoms with Gasteiger partial charge in [0.1, 0.15) is 29.8 Å². The van der Waals surface area contributed by atoms with Crippen molar-refractivity contribution in [1.82, 2.24) is 0 Å². The zero-order valence-corrected chi connectivity index (χ0v) is 11.0. The molecule has 0 spiro atoms. The van der Waals surface area contributed by atoms with Gasteiger partial charge < -0.3 is 10.5 Å². The fraction of sp³-hybridized carbons (Fsp3) is 0.0714. The number of benzene rings is 2. The zero-order valence-electron chi connectivity index (χ0n) is 10.3. The lowest BCUT2D eigenvalue weighted by molar-refractivity contribution is 0.292. The van der Waals surface area contributed by atoms with Crippen molar-refractivity contribution < 1.29 is 13.5 Å². The maximum atomic E-state index is 13.5. The molecule has 0 aliphatic rings. The lowest BCUT2D eigenvalue weighted by atomic mass is 10.1. The van der Waals surface area contributed by atoms with Gasteiger partial charge in [-0.05, 0) is 30.3 Å². The minimum absolute atomic E-state index is 0.193. The van der Waals surface area contributed by atoms with Crippen molar-refractivity contribution in [2.75, 3.05) is 0 Å². The van der Waals surface area contributed by atoms with Crippen LogP contribution in [0.3, 0.4) is 0 Å². The molecule has 0 aliphatic carbocycles. The highest BCUT2D eigenvalue weighted by atomic mass is 35.5. The summed E-state index contributed by atoms with van der Waals surface area (Å²) in [6, 6.07) is 8.06. The Balaban J connectivity index is 2.27. The second kappa shape index (κ2) is 5.88. The number of ether oxygens (including phenoxy) is 1. The fourth-order valence-electron chi connectivity index (χ4n) is 1.66. The van der Waals surface area contributed by atoms with Gasteiger partial charge in [-0.25, -0.2) is 8.78 Å². The summed E-state index contributed by atoms with van der Waals surface area (Å²) in [7, 11) is 0. The molecular formula is C14H11ClF2N2O. The average molecular weight is 297 g/mol. The molecule has 0 radical (unpaired) electrons. The minimum atomic E-state index is -0.698. The first-order chi connectivity index (χ1) is 9.49. The Kier molecular flexibility index (Phi) is 4.20. The van der Waals surface area contributed by atoms with Gasteiger partial charge in [-0.3, -0.25) is 5.41 Å². The number of hydrogen-bond donors (Lipinski definition) is 2. The molecule has 0 heterocycles. The van der Waals surface area contributed by atoms with E-state index >= 15 is 0 Å². The van der Waals surface area contributed by atoms with Crippen LogP contribution in [-0.4, -0.2) is 5.84 Å². The number of hydrogen-bond acceptors (Lipinski definition) is 2. The molecule has 104 valence electrons. The van der Waals surface area contributed by atoms with Crippen LogP contribution in [0.15, 0.2) is 36.4 Å². The lowest BCUT2D eigenvalue weighted by Gasteiger charge is -2.12. The first kappa shape index (κ1) is 14.3. The Labute approximate surface area is 119 Å². The van der Waals surface area contributed by atoms with Gasteiger partial charge in [0.15, 0.2) is 0 Å². The van der Waals surface area contributed by atoms with E-state index in [-0.39, 0.29) is 23.8 Å². The maximum absolute atomic E-state index is 13.5. The summed E-state index contributed by atoms with van der Waals surface area (Å²) in [4.78, 5) is 0. The van der Waals surface area contributed by atoms with Crippen molar-refractivity contribution in [1.29, 1.82) is 5.41 Å². The molecule has 0 aromatic heterocycles. The average Bonchev–Trinajstić information content (AvgIpc) is 2.37. The van der Waals surface area contributed by atoms with Crippen molar-refractivity contribution in [3.63, 3.8) is 0 Å². The summed E-state index contributed by atoms with van der Waals surface area (Å²) in [5.41, 5.74) is 5.52. The fourth-order valence-corrected chi connectivity index (χ4v) is 1.82. The SMILES string of the molecule is N=C(N)c1ccc(Cl)cc1OCc1c(F)cccc1F. The molecule has 20 heavy (non-hydrogen) atoms. The van der Waals surface area contributed by atoms with Crippen LogP contribution in [0.2, 0.25) is 5.02 Å². The van der Waals surface area contributed by atoms with E-state index < -0.39 is 11.6 Å². The van der Waals surface area contributed by atoms with E-state index in [1.54, 1.807) is 6.07 Å². The molecule has 0 saturated heterocycles. The number of nitrogens with two attached hydrogens (primary N) is 1. The summed E-state index contributed by atoms with van der Waals surface area (Å²) in [6.07, 6.45) is 0. The molecule has 6 heteroatoms. The van der Waals surface area contributed by atoms with Gasteiger partial charge in [0, 0.05) is 5.02 Å². The van der Waals surface area contributed by atoms with Crippen LogP contribution in [-0.2, 0) is 6.61 Å². The molecular weight excluding hydrogens is 286 g/mol. The molecule has 2 aromatic rings. The van der Waals surface area contributed by atoms with Gasteiger partial charge in [-0.1, -0.05) is 17.7 Å². The van der Waals surface area contributed by atoms with Crippen molar-refractivity contribution in [3.05, 3.63) is 64.2 Å². The van der Waals surface area contributed by atoms with Crippen LogP contribution < -0.4 is 10.5 Å². The third-order valence-electron chi connectivity index (χ3n) is 2.67. The first-order valence-corrected chi connectivity index (χ1v) is 6.06. The molecule has 3 N–H and O–H groups in total. The minimum Gasteiger partial charge on any atom is -0.488 e. The third-order valence-corrected chi connectivity index (χ3v) is 2.90.